The van der Waals surface area contributed by atoms with E-state index in [4.69, 9.17) is 10.2 Å². The molecule has 1 aliphatic heterocycles. The molecule has 0 unspecified atom stereocenters. The first kappa shape index (κ1) is 21.7. The summed E-state index contributed by atoms with van der Waals surface area (Å²) in [6.07, 6.45) is 4.85. The SMILES string of the molecule is CN1CCN(C(=O)c2ccc(-c3cnc(N)c(-c4nc5cnccc5o4)n3)cc2)CC1.Cl. The lowest BCUT2D eigenvalue weighted by Gasteiger charge is -2.32. The molecule has 32 heavy (non-hydrogen) atoms. The number of halogens is 1. The van der Waals surface area contributed by atoms with Crippen molar-refractivity contribution >= 4 is 35.2 Å². The molecule has 0 bridgehead atoms. The second-order valence-electron chi connectivity index (χ2n) is 7.52. The van der Waals surface area contributed by atoms with Gasteiger partial charge in [0.05, 0.1) is 18.1 Å². The number of hydrogen-bond acceptors (Lipinski definition) is 8. The van der Waals surface area contributed by atoms with Crippen molar-refractivity contribution in [3.8, 4) is 22.8 Å². The Morgan fingerprint density at radius 2 is 1.78 bits per heavy atom. The molecule has 0 saturated carbocycles. The molecule has 5 rings (SSSR count). The number of carbonyl (C=O) groups is 1. The maximum absolute atomic E-state index is 12.8. The number of benzene rings is 1. The molecule has 0 spiro atoms. The van der Waals surface area contributed by atoms with Crippen LogP contribution in [0.25, 0.3) is 33.9 Å². The normalized spacial score (nSPS) is 14.3. The number of fused-ring (bicyclic) bond motifs is 1. The molecule has 4 heterocycles. The number of likely N-dealkylation sites (N-methyl/N-ethyl adjacent to an activating group) is 1. The maximum Gasteiger partial charge on any atom is 0.253 e. The monoisotopic (exact) mass is 451 g/mol. The van der Waals surface area contributed by atoms with Gasteiger partial charge in [0.15, 0.2) is 17.1 Å². The number of oxazole rings is 1. The molecule has 0 aliphatic carbocycles. The van der Waals surface area contributed by atoms with Gasteiger partial charge in [-0.2, -0.15) is 0 Å². The van der Waals surface area contributed by atoms with Crippen LogP contribution in [-0.2, 0) is 0 Å². The molecule has 10 heteroatoms. The maximum atomic E-state index is 12.8. The fraction of sp³-hybridized carbons (Fsp3) is 0.227. The van der Waals surface area contributed by atoms with Gasteiger partial charge in [0.25, 0.3) is 5.91 Å². The van der Waals surface area contributed by atoms with Crippen LogP contribution in [0.2, 0.25) is 0 Å². The second kappa shape index (κ2) is 8.89. The summed E-state index contributed by atoms with van der Waals surface area (Å²) in [7, 11) is 2.07. The largest absolute Gasteiger partial charge is 0.434 e. The van der Waals surface area contributed by atoms with E-state index in [-0.39, 0.29) is 30.0 Å². The van der Waals surface area contributed by atoms with Crippen LogP contribution in [0.4, 0.5) is 5.82 Å². The number of nitrogens with zero attached hydrogens (tertiary/aromatic N) is 6. The fourth-order valence-corrected chi connectivity index (χ4v) is 3.55. The van der Waals surface area contributed by atoms with E-state index < -0.39 is 0 Å². The predicted octanol–water partition coefficient (Wildman–Crippen LogP) is 2.74. The number of hydrogen-bond donors (Lipinski definition) is 1. The Kier molecular flexibility index (Phi) is 6.02. The van der Waals surface area contributed by atoms with Crippen molar-refractivity contribution in [2.45, 2.75) is 0 Å². The number of piperazine rings is 1. The Balaban J connectivity index is 0.00000245. The van der Waals surface area contributed by atoms with E-state index in [1.165, 1.54) is 0 Å². The van der Waals surface area contributed by atoms with Crippen molar-refractivity contribution in [3.05, 3.63) is 54.5 Å². The number of nitrogen functional groups attached to an aromatic ring is 1. The van der Waals surface area contributed by atoms with E-state index in [9.17, 15) is 4.79 Å². The van der Waals surface area contributed by atoms with Crippen LogP contribution >= 0.6 is 12.4 Å². The van der Waals surface area contributed by atoms with Gasteiger partial charge in [-0.1, -0.05) is 12.1 Å². The van der Waals surface area contributed by atoms with Crippen LogP contribution < -0.4 is 5.73 Å². The van der Waals surface area contributed by atoms with Crippen molar-refractivity contribution in [1.82, 2.24) is 29.7 Å². The molecule has 0 radical (unpaired) electrons. The summed E-state index contributed by atoms with van der Waals surface area (Å²) in [5.41, 5.74) is 9.71. The third kappa shape index (κ3) is 4.12. The lowest BCUT2D eigenvalue weighted by molar-refractivity contribution is 0.0664. The van der Waals surface area contributed by atoms with Gasteiger partial charge < -0.3 is 20.0 Å². The molecule has 3 aromatic heterocycles. The van der Waals surface area contributed by atoms with Crippen LogP contribution in [0, 0.1) is 0 Å². The Labute approximate surface area is 190 Å². The predicted molar refractivity (Wildman–Crippen MR) is 123 cm³/mol. The topological polar surface area (TPSA) is 114 Å². The molecule has 4 aromatic rings. The summed E-state index contributed by atoms with van der Waals surface area (Å²) in [4.78, 5) is 34.2. The highest BCUT2D eigenvalue weighted by Gasteiger charge is 2.20. The van der Waals surface area contributed by atoms with Crippen molar-refractivity contribution in [2.75, 3.05) is 39.0 Å². The third-order valence-corrected chi connectivity index (χ3v) is 5.41. The van der Waals surface area contributed by atoms with Gasteiger partial charge >= 0.3 is 0 Å². The summed E-state index contributed by atoms with van der Waals surface area (Å²) in [5, 5.41) is 0. The van der Waals surface area contributed by atoms with Crippen molar-refractivity contribution < 1.29 is 9.21 Å². The van der Waals surface area contributed by atoms with Crippen molar-refractivity contribution in [3.63, 3.8) is 0 Å². The summed E-state index contributed by atoms with van der Waals surface area (Å²) >= 11 is 0. The van der Waals surface area contributed by atoms with E-state index in [0.717, 1.165) is 31.7 Å². The smallest absolute Gasteiger partial charge is 0.253 e. The summed E-state index contributed by atoms with van der Waals surface area (Å²) in [6, 6.07) is 9.10. The number of anilines is 1. The summed E-state index contributed by atoms with van der Waals surface area (Å²) in [6.45, 7) is 3.26. The molecular formula is C22H22ClN7O2. The van der Waals surface area contributed by atoms with Gasteiger partial charge in [-0.05, 0) is 19.2 Å². The number of aromatic nitrogens is 4. The zero-order valence-electron chi connectivity index (χ0n) is 17.4. The van der Waals surface area contributed by atoms with Crippen LogP contribution in [0.1, 0.15) is 10.4 Å². The fourth-order valence-electron chi connectivity index (χ4n) is 3.55. The average molecular weight is 452 g/mol. The first-order valence-electron chi connectivity index (χ1n) is 10.0. The minimum Gasteiger partial charge on any atom is -0.434 e. The molecule has 2 N–H and O–H groups in total. The number of pyridine rings is 1. The first-order valence-corrected chi connectivity index (χ1v) is 10.0. The molecule has 9 nitrogen and oxygen atoms in total. The highest BCUT2D eigenvalue weighted by Crippen LogP contribution is 2.28. The molecule has 1 saturated heterocycles. The average Bonchev–Trinajstić information content (AvgIpc) is 3.24. The minimum absolute atomic E-state index is 0. The first-order chi connectivity index (χ1) is 15.1. The van der Waals surface area contributed by atoms with Crippen molar-refractivity contribution in [1.29, 1.82) is 0 Å². The standard InChI is InChI=1S/C22H21N7O2.ClH/c1-28-8-10-29(11-9-28)22(30)15-4-2-14(3-5-15)16-13-25-20(23)19(26-16)21-27-17-12-24-7-6-18(17)31-21;/h2-7,12-13H,8-11H2,1H3,(H2,23,25);1H. The van der Waals surface area contributed by atoms with Crippen LogP contribution in [0.5, 0.6) is 0 Å². The molecule has 1 amide bonds. The van der Waals surface area contributed by atoms with E-state index in [0.29, 0.717) is 28.1 Å². The van der Waals surface area contributed by atoms with Gasteiger partial charge in [-0.15, -0.1) is 12.4 Å². The summed E-state index contributed by atoms with van der Waals surface area (Å²) in [5.74, 6) is 0.561. The van der Waals surface area contributed by atoms with Gasteiger partial charge in [0.1, 0.15) is 5.52 Å². The number of amides is 1. The number of rotatable bonds is 3. The Morgan fingerprint density at radius 3 is 2.50 bits per heavy atom. The quantitative estimate of drug-likeness (QED) is 0.505. The molecule has 1 fully saturated rings. The highest BCUT2D eigenvalue weighted by molar-refractivity contribution is 5.94. The Hall–Kier alpha value is -3.56. The minimum atomic E-state index is 0. The highest BCUT2D eigenvalue weighted by atomic mass is 35.5. The molecule has 1 aromatic carbocycles. The lowest BCUT2D eigenvalue weighted by atomic mass is 10.1. The molecule has 0 atom stereocenters. The van der Waals surface area contributed by atoms with E-state index >= 15 is 0 Å². The number of nitrogens with two attached hydrogens (primary N) is 1. The third-order valence-electron chi connectivity index (χ3n) is 5.41. The Morgan fingerprint density at radius 1 is 1.03 bits per heavy atom. The van der Waals surface area contributed by atoms with E-state index in [2.05, 4.69) is 31.9 Å². The van der Waals surface area contributed by atoms with Crippen molar-refractivity contribution in [2.24, 2.45) is 0 Å². The van der Waals surface area contributed by atoms with E-state index in [1.54, 1.807) is 24.7 Å². The number of carbonyl (C=O) groups excluding carboxylic acids is 1. The van der Waals surface area contributed by atoms with Crippen LogP contribution in [0.15, 0.2) is 53.3 Å². The zero-order valence-corrected chi connectivity index (χ0v) is 18.2. The second-order valence-corrected chi connectivity index (χ2v) is 7.52. The van der Waals surface area contributed by atoms with Crippen LogP contribution in [0.3, 0.4) is 0 Å². The zero-order chi connectivity index (χ0) is 21.4. The van der Waals surface area contributed by atoms with Crippen LogP contribution in [-0.4, -0.2) is 68.9 Å². The molecule has 1 aliphatic rings. The summed E-state index contributed by atoms with van der Waals surface area (Å²) < 4.78 is 5.76. The van der Waals surface area contributed by atoms with Gasteiger partial charge in [-0.25, -0.2) is 15.0 Å². The van der Waals surface area contributed by atoms with E-state index in [1.807, 2.05) is 29.2 Å². The van der Waals surface area contributed by atoms with Gasteiger partial charge in [-0.3, -0.25) is 9.78 Å². The van der Waals surface area contributed by atoms with Gasteiger partial charge in [0, 0.05) is 49.6 Å². The Bertz CT molecular complexity index is 1220. The molecule has 164 valence electrons. The van der Waals surface area contributed by atoms with Gasteiger partial charge in [0.2, 0.25) is 5.89 Å². The molecular weight excluding hydrogens is 430 g/mol. The lowest BCUT2D eigenvalue weighted by Crippen LogP contribution is -2.47.